The van der Waals surface area contributed by atoms with E-state index < -0.39 is 0 Å². The van der Waals surface area contributed by atoms with E-state index >= 15 is 0 Å². The number of rotatable bonds is 5. The number of furan rings is 1. The first-order chi connectivity index (χ1) is 11.3. The van der Waals surface area contributed by atoms with Gasteiger partial charge in [-0.1, -0.05) is 6.07 Å². The van der Waals surface area contributed by atoms with Gasteiger partial charge in [0.1, 0.15) is 6.04 Å². The molecule has 0 aliphatic carbocycles. The van der Waals surface area contributed by atoms with Gasteiger partial charge in [0.2, 0.25) is 5.91 Å². The van der Waals surface area contributed by atoms with Crippen LogP contribution in [0.1, 0.15) is 17.2 Å². The van der Waals surface area contributed by atoms with E-state index in [-0.39, 0.29) is 11.9 Å². The van der Waals surface area contributed by atoms with Gasteiger partial charge < -0.3 is 14.1 Å². The fourth-order valence-corrected chi connectivity index (χ4v) is 2.83. The van der Waals surface area contributed by atoms with Crippen molar-refractivity contribution in [2.24, 2.45) is 0 Å². The van der Waals surface area contributed by atoms with Crippen LogP contribution < -0.4 is 0 Å². The summed E-state index contributed by atoms with van der Waals surface area (Å²) in [6.45, 7) is 3.30. The third-order valence-corrected chi connectivity index (χ3v) is 4.02. The molecule has 1 amide bonds. The maximum Gasteiger partial charge on any atom is 0.244 e. The Morgan fingerprint density at radius 3 is 2.87 bits per heavy atom. The molecular formula is C17H21N3O3. The van der Waals surface area contributed by atoms with Crippen molar-refractivity contribution in [3.05, 3.63) is 54.2 Å². The van der Waals surface area contributed by atoms with E-state index in [0.29, 0.717) is 19.8 Å². The van der Waals surface area contributed by atoms with Gasteiger partial charge >= 0.3 is 0 Å². The molecule has 122 valence electrons. The summed E-state index contributed by atoms with van der Waals surface area (Å²) in [6.07, 6.45) is 6.77. The molecule has 6 heteroatoms. The van der Waals surface area contributed by atoms with E-state index in [1.165, 1.54) is 0 Å². The summed E-state index contributed by atoms with van der Waals surface area (Å²) in [4.78, 5) is 21.1. The molecule has 1 saturated heterocycles. The molecule has 3 heterocycles. The summed E-state index contributed by atoms with van der Waals surface area (Å²) in [7, 11) is 1.82. The second kappa shape index (κ2) is 7.39. The zero-order chi connectivity index (χ0) is 16.1. The van der Waals surface area contributed by atoms with E-state index in [1.54, 1.807) is 29.8 Å². The van der Waals surface area contributed by atoms with Crippen molar-refractivity contribution in [3.63, 3.8) is 0 Å². The largest absolute Gasteiger partial charge is 0.472 e. The third-order valence-electron chi connectivity index (χ3n) is 4.02. The lowest BCUT2D eigenvalue weighted by Crippen LogP contribution is -2.46. The van der Waals surface area contributed by atoms with Crippen molar-refractivity contribution < 1.29 is 13.9 Å². The average molecular weight is 315 g/mol. The van der Waals surface area contributed by atoms with Crippen molar-refractivity contribution in [1.82, 2.24) is 14.8 Å². The van der Waals surface area contributed by atoms with Gasteiger partial charge in [-0.3, -0.25) is 14.7 Å². The van der Waals surface area contributed by atoms with Crippen LogP contribution in [0, 0.1) is 0 Å². The van der Waals surface area contributed by atoms with Crippen molar-refractivity contribution in [2.45, 2.75) is 12.6 Å². The summed E-state index contributed by atoms with van der Waals surface area (Å²) < 4.78 is 10.5. The maximum absolute atomic E-state index is 13.1. The minimum Gasteiger partial charge on any atom is -0.472 e. The number of amides is 1. The highest BCUT2D eigenvalue weighted by atomic mass is 16.5. The van der Waals surface area contributed by atoms with Crippen LogP contribution in [0.5, 0.6) is 0 Å². The van der Waals surface area contributed by atoms with E-state index in [0.717, 1.165) is 24.2 Å². The minimum absolute atomic E-state index is 0.0566. The molecule has 0 N–H and O–H groups in total. The lowest BCUT2D eigenvalue weighted by Gasteiger charge is -2.35. The standard InChI is InChI=1S/C17H21N3O3/c1-19(12-14-4-8-23-13-14)17(21)16(15-3-2-5-18-11-15)20-6-9-22-10-7-20/h2-5,8,11,13,16H,6-7,9-10,12H2,1H3. The molecular weight excluding hydrogens is 294 g/mol. The number of nitrogens with zero attached hydrogens (tertiary/aromatic N) is 3. The molecule has 2 aromatic rings. The number of pyridine rings is 1. The lowest BCUT2D eigenvalue weighted by atomic mass is 10.1. The van der Waals surface area contributed by atoms with Gasteiger partial charge in [0.15, 0.2) is 0 Å². The number of ether oxygens (including phenoxy) is 1. The maximum atomic E-state index is 13.1. The molecule has 6 nitrogen and oxygen atoms in total. The Bertz CT molecular complexity index is 609. The molecule has 1 aliphatic heterocycles. The van der Waals surface area contributed by atoms with Gasteiger partial charge in [0.05, 0.1) is 25.7 Å². The van der Waals surface area contributed by atoms with Gasteiger partial charge in [-0.2, -0.15) is 0 Å². The van der Waals surface area contributed by atoms with Crippen LogP contribution >= 0.6 is 0 Å². The molecule has 0 spiro atoms. The number of aromatic nitrogens is 1. The van der Waals surface area contributed by atoms with Crippen molar-refractivity contribution in [1.29, 1.82) is 0 Å². The SMILES string of the molecule is CN(Cc1ccoc1)C(=O)C(c1cccnc1)N1CCOCC1. The Kier molecular flexibility index (Phi) is 5.05. The lowest BCUT2D eigenvalue weighted by molar-refractivity contribution is -0.138. The van der Waals surface area contributed by atoms with E-state index in [2.05, 4.69) is 9.88 Å². The van der Waals surface area contributed by atoms with Crippen LogP contribution in [0.15, 0.2) is 47.5 Å². The van der Waals surface area contributed by atoms with Crippen molar-refractivity contribution in [2.75, 3.05) is 33.4 Å². The number of carbonyl (C=O) groups excluding carboxylic acids is 1. The quantitative estimate of drug-likeness (QED) is 0.840. The molecule has 2 aromatic heterocycles. The number of hydrogen-bond donors (Lipinski definition) is 0. The van der Waals surface area contributed by atoms with Crippen molar-refractivity contribution >= 4 is 5.91 Å². The molecule has 1 atom stereocenters. The number of morpholine rings is 1. The molecule has 1 unspecified atom stereocenters. The molecule has 23 heavy (non-hydrogen) atoms. The molecule has 1 aliphatic rings. The van der Waals surface area contributed by atoms with E-state index in [1.807, 2.05) is 25.2 Å². The zero-order valence-corrected chi connectivity index (χ0v) is 13.2. The Balaban J connectivity index is 1.80. The minimum atomic E-state index is -0.329. The first kappa shape index (κ1) is 15.7. The predicted octanol–water partition coefficient (Wildman–Crippen LogP) is 1.71. The van der Waals surface area contributed by atoms with Crippen LogP contribution in [-0.2, 0) is 16.1 Å². The molecule has 0 aromatic carbocycles. The van der Waals surface area contributed by atoms with Gasteiger partial charge in [0.25, 0.3) is 0 Å². The highest BCUT2D eigenvalue weighted by Gasteiger charge is 2.31. The monoisotopic (exact) mass is 315 g/mol. The summed E-state index contributed by atoms with van der Waals surface area (Å²) in [6, 6.07) is 5.37. The van der Waals surface area contributed by atoms with Crippen LogP contribution in [-0.4, -0.2) is 54.0 Å². The average Bonchev–Trinajstić information content (AvgIpc) is 3.10. The fourth-order valence-electron chi connectivity index (χ4n) is 2.83. The summed E-state index contributed by atoms with van der Waals surface area (Å²) >= 11 is 0. The topological polar surface area (TPSA) is 58.8 Å². The Morgan fingerprint density at radius 1 is 1.39 bits per heavy atom. The van der Waals surface area contributed by atoms with E-state index in [9.17, 15) is 4.79 Å². The van der Waals surface area contributed by atoms with Crippen LogP contribution in [0.3, 0.4) is 0 Å². The van der Waals surface area contributed by atoms with Gasteiger partial charge in [-0.15, -0.1) is 0 Å². The number of hydrogen-bond acceptors (Lipinski definition) is 5. The molecule has 0 saturated carbocycles. The normalized spacial score (nSPS) is 16.9. The second-order valence-corrected chi connectivity index (χ2v) is 5.66. The van der Waals surface area contributed by atoms with Crippen molar-refractivity contribution in [3.8, 4) is 0 Å². The summed E-state index contributed by atoms with van der Waals surface area (Å²) in [5, 5.41) is 0. The Morgan fingerprint density at radius 2 is 2.22 bits per heavy atom. The van der Waals surface area contributed by atoms with Gasteiger partial charge in [0, 0.05) is 44.6 Å². The molecule has 3 rings (SSSR count). The smallest absolute Gasteiger partial charge is 0.244 e. The Labute approximate surface area is 135 Å². The van der Waals surface area contributed by atoms with Crippen LogP contribution in [0.2, 0.25) is 0 Å². The van der Waals surface area contributed by atoms with Crippen LogP contribution in [0.4, 0.5) is 0 Å². The first-order valence-corrected chi connectivity index (χ1v) is 7.73. The highest BCUT2D eigenvalue weighted by Crippen LogP contribution is 2.24. The number of carbonyl (C=O) groups is 1. The Hall–Kier alpha value is -2.18. The second-order valence-electron chi connectivity index (χ2n) is 5.66. The summed E-state index contributed by atoms with van der Waals surface area (Å²) in [5.74, 6) is 0.0566. The summed E-state index contributed by atoms with van der Waals surface area (Å²) in [5.41, 5.74) is 1.89. The van der Waals surface area contributed by atoms with Gasteiger partial charge in [-0.05, 0) is 17.7 Å². The van der Waals surface area contributed by atoms with Crippen LogP contribution in [0.25, 0.3) is 0 Å². The van der Waals surface area contributed by atoms with E-state index in [4.69, 9.17) is 9.15 Å². The zero-order valence-electron chi connectivity index (χ0n) is 13.2. The fraction of sp³-hybridized carbons (Fsp3) is 0.412. The third kappa shape index (κ3) is 3.78. The predicted molar refractivity (Wildman–Crippen MR) is 84.6 cm³/mol. The molecule has 0 radical (unpaired) electrons. The first-order valence-electron chi connectivity index (χ1n) is 7.73. The molecule has 0 bridgehead atoms. The van der Waals surface area contributed by atoms with Gasteiger partial charge in [-0.25, -0.2) is 0 Å². The highest BCUT2D eigenvalue weighted by molar-refractivity contribution is 5.83. The molecule has 1 fully saturated rings. The number of likely N-dealkylation sites (N-methyl/N-ethyl adjacent to an activating group) is 1.